The van der Waals surface area contributed by atoms with Gasteiger partial charge in [0.05, 0.1) is 4.92 Å². The number of nitrogens with zero attached hydrogens (tertiary/aromatic N) is 2. The molecule has 1 heterocycles. The van der Waals surface area contributed by atoms with Gasteiger partial charge in [0.2, 0.25) is 5.78 Å². The third kappa shape index (κ3) is 3.03. The van der Waals surface area contributed by atoms with Gasteiger partial charge in [-0.3, -0.25) is 29.5 Å². The molecule has 0 atom stereocenters. The highest BCUT2D eigenvalue weighted by Gasteiger charge is 2.64. The third-order valence-corrected chi connectivity index (χ3v) is 7.36. The minimum absolute atomic E-state index is 0.0895. The standard InChI is InChI=1S/C10H11N3O9P2/c14-9(6-1-3-7(4-2-6)13(15)16)8-5-10(12-11-8,23(17,18)19)24(20,21)22/h1-4,12H,5H2,(H2,17,18,19)(H2,20,21,22). The van der Waals surface area contributed by atoms with Crippen molar-refractivity contribution < 1.29 is 38.4 Å². The second-order valence-electron chi connectivity index (χ2n) is 4.88. The van der Waals surface area contributed by atoms with Crippen molar-refractivity contribution in [2.75, 3.05) is 0 Å². The number of hydrazone groups is 1. The number of non-ortho nitro benzene ring substituents is 1. The molecule has 130 valence electrons. The van der Waals surface area contributed by atoms with Gasteiger partial charge in [0.25, 0.3) is 10.7 Å². The number of nitrogens with one attached hydrogen (secondary N) is 1. The van der Waals surface area contributed by atoms with E-state index in [-0.39, 0.29) is 11.3 Å². The molecule has 0 spiro atoms. The second-order valence-corrected chi connectivity index (χ2v) is 8.94. The summed E-state index contributed by atoms with van der Waals surface area (Å²) in [6.45, 7) is 0. The van der Waals surface area contributed by atoms with Crippen LogP contribution in [0, 0.1) is 10.1 Å². The first-order chi connectivity index (χ1) is 10.9. The molecular formula is C10H11N3O9P2. The molecule has 0 unspecified atom stereocenters. The Morgan fingerprint density at radius 1 is 1.17 bits per heavy atom. The van der Waals surface area contributed by atoms with Gasteiger partial charge in [-0.15, -0.1) is 0 Å². The zero-order valence-electron chi connectivity index (χ0n) is 11.6. The summed E-state index contributed by atoms with van der Waals surface area (Å²) in [6, 6.07) is 4.26. The first-order valence-electron chi connectivity index (χ1n) is 6.13. The summed E-state index contributed by atoms with van der Waals surface area (Å²) < 4.78 is 23.0. The maximum atomic E-state index is 12.2. The van der Waals surface area contributed by atoms with Crippen LogP contribution in [-0.2, 0) is 9.13 Å². The largest absolute Gasteiger partial charge is 0.365 e. The van der Waals surface area contributed by atoms with Crippen LogP contribution in [0.15, 0.2) is 29.4 Å². The number of nitro groups is 1. The Kier molecular flexibility index (Phi) is 4.49. The van der Waals surface area contributed by atoms with Crippen LogP contribution in [0.2, 0.25) is 0 Å². The molecule has 0 bridgehead atoms. The van der Waals surface area contributed by atoms with Gasteiger partial charge >= 0.3 is 15.2 Å². The number of carbonyl (C=O) groups excluding carboxylic acids is 1. The minimum Gasteiger partial charge on any atom is -0.322 e. The van der Waals surface area contributed by atoms with Gasteiger partial charge in [0, 0.05) is 24.1 Å². The second kappa shape index (κ2) is 5.85. The van der Waals surface area contributed by atoms with E-state index in [0.717, 1.165) is 24.3 Å². The van der Waals surface area contributed by atoms with Crippen LogP contribution in [-0.4, -0.2) is 41.0 Å². The van der Waals surface area contributed by atoms with E-state index in [1.54, 1.807) is 5.43 Å². The van der Waals surface area contributed by atoms with Gasteiger partial charge in [0.15, 0.2) is 0 Å². The molecular weight excluding hydrogens is 368 g/mol. The Morgan fingerprint density at radius 3 is 2.04 bits per heavy atom. The summed E-state index contributed by atoms with van der Waals surface area (Å²) in [5, 5.41) is 10.9. The van der Waals surface area contributed by atoms with E-state index in [0.29, 0.717) is 0 Å². The highest BCUT2D eigenvalue weighted by atomic mass is 31.2. The number of hydrogen-bond acceptors (Lipinski definition) is 7. The molecule has 0 saturated carbocycles. The lowest BCUT2D eigenvalue weighted by atomic mass is 10.0. The van der Waals surface area contributed by atoms with Crippen LogP contribution < -0.4 is 5.43 Å². The molecule has 0 radical (unpaired) electrons. The van der Waals surface area contributed by atoms with Crippen molar-refractivity contribution in [1.29, 1.82) is 0 Å². The molecule has 2 rings (SSSR count). The smallest absolute Gasteiger partial charge is 0.322 e. The molecule has 1 aromatic carbocycles. The zero-order chi connectivity index (χ0) is 18.3. The van der Waals surface area contributed by atoms with Crippen LogP contribution >= 0.6 is 15.2 Å². The first kappa shape index (κ1) is 18.4. The fraction of sp³-hybridized carbons (Fsp3) is 0.200. The molecule has 1 aromatic rings. The number of rotatable bonds is 5. The van der Waals surface area contributed by atoms with Crippen molar-refractivity contribution in [2.24, 2.45) is 5.10 Å². The summed E-state index contributed by atoms with van der Waals surface area (Å²) in [4.78, 5) is 59.2. The van der Waals surface area contributed by atoms with Crippen LogP contribution in [0.1, 0.15) is 16.8 Å². The van der Waals surface area contributed by atoms with Gasteiger partial charge in [0.1, 0.15) is 5.71 Å². The molecule has 12 nitrogen and oxygen atoms in total. The highest BCUT2D eigenvalue weighted by molar-refractivity contribution is 7.72. The normalized spacial score (nSPS) is 17.1. The monoisotopic (exact) mass is 379 g/mol. The molecule has 1 aliphatic heterocycles. The topological polar surface area (TPSA) is 200 Å². The lowest BCUT2D eigenvalue weighted by Crippen LogP contribution is -2.38. The lowest BCUT2D eigenvalue weighted by molar-refractivity contribution is -0.384. The Balaban J connectivity index is 2.32. The van der Waals surface area contributed by atoms with E-state index in [4.69, 9.17) is 0 Å². The molecule has 0 aromatic heterocycles. The zero-order valence-corrected chi connectivity index (χ0v) is 13.4. The van der Waals surface area contributed by atoms with Crippen LogP contribution in [0.25, 0.3) is 0 Å². The SMILES string of the molecule is O=C(C1=NNC(P(=O)(O)O)(P(=O)(O)O)C1)c1ccc([N+](=O)[O-])cc1. The van der Waals surface area contributed by atoms with Gasteiger partial charge in [-0.25, -0.2) is 0 Å². The van der Waals surface area contributed by atoms with Crippen molar-refractivity contribution in [3.05, 3.63) is 39.9 Å². The highest BCUT2D eigenvalue weighted by Crippen LogP contribution is 2.70. The summed E-state index contributed by atoms with van der Waals surface area (Å²) in [6.07, 6.45) is -1.00. The number of Topliss-reactive ketones (excluding diaryl/α,β-unsaturated/α-hetero) is 1. The van der Waals surface area contributed by atoms with Gasteiger partial charge in [-0.2, -0.15) is 5.10 Å². The summed E-state index contributed by atoms with van der Waals surface area (Å²) in [5.41, 5.74) is 0.826. The van der Waals surface area contributed by atoms with Crippen LogP contribution in [0.3, 0.4) is 0 Å². The Bertz CT molecular complexity index is 800. The molecule has 1 aliphatic rings. The van der Waals surface area contributed by atoms with Gasteiger partial charge < -0.3 is 19.6 Å². The average molecular weight is 379 g/mol. The Hall–Kier alpha value is -1.94. The summed E-state index contributed by atoms with van der Waals surface area (Å²) in [5.74, 6) is -0.874. The van der Waals surface area contributed by atoms with E-state index in [1.807, 2.05) is 0 Å². The molecule has 0 fully saturated rings. The molecule has 0 amide bonds. The lowest BCUT2D eigenvalue weighted by Gasteiger charge is -2.29. The number of nitro benzene ring substituents is 1. The van der Waals surface area contributed by atoms with Gasteiger partial charge in [-0.1, -0.05) is 0 Å². The fourth-order valence-corrected chi connectivity index (χ4v) is 4.44. The maximum Gasteiger partial charge on any atom is 0.365 e. The van der Waals surface area contributed by atoms with E-state index in [2.05, 4.69) is 5.10 Å². The van der Waals surface area contributed by atoms with E-state index < -0.39 is 43.1 Å². The van der Waals surface area contributed by atoms with Crippen LogP contribution in [0.5, 0.6) is 0 Å². The quantitative estimate of drug-likeness (QED) is 0.203. The van der Waals surface area contributed by atoms with Crippen molar-refractivity contribution in [1.82, 2.24) is 5.43 Å². The minimum atomic E-state index is -5.39. The van der Waals surface area contributed by atoms with Gasteiger partial charge in [-0.05, 0) is 12.1 Å². The number of carbonyl (C=O) groups is 1. The summed E-state index contributed by atoms with van der Waals surface area (Å²) in [7, 11) is -10.8. The van der Waals surface area contributed by atoms with Crippen LogP contribution in [0.4, 0.5) is 5.69 Å². The number of benzene rings is 1. The third-order valence-electron chi connectivity index (χ3n) is 3.35. The Morgan fingerprint density at radius 2 is 1.67 bits per heavy atom. The average Bonchev–Trinajstić information content (AvgIpc) is 2.92. The van der Waals surface area contributed by atoms with Crippen molar-refractivity contribution in [2.45, 2.75) is 11.4 Å². The predicted molar refractivity (Wildman–Crippen MR) is 79.4 cm³/mol. The Labute approximate surface area is 133 Å². The molecule has 0 aliphatic carbocycles. The van der Waals surface area contributed by atoms with Crippen molar-refractivity contribution >= 4 is 32.4 Å². The van der Waals surface area contributed by atoms with Crippen molar-refractivity contribution in [3.63, 3.8) is 0 Å². The fourth-order valence-electron chi connectivity index (χ4n) is 2.01. The van der Waals surface area contributed by atoms with E-state index >= 15 is 0 Å². The summed E-state index contributed by atoms with van der Waals surface area (Å²) >= 11 is 0. The van der Waals surface area contributed by atoms with E-state index in [9.17, 15) is 43.6 Å². The molecule has 14 heteroatoms. The van der Waals surface area contributed by atoms with Crippen molar-refractivity contribution in [3.8, 4) is 0 Å². The predicted octanol–water partition coefficient (Wildman–Crippen LogP) is 0.136. The first-order valence-corrected chi connectivity index (χ1v) is 9.36. The molecule has 5 N–H and O–H groups in total. The molecule has 24 heavy (non-hydrogen) atoms. The maximum absolute atomic E-state index is 12.2. The van der Waals surface area contributed by atoms with E-state index in [1.165, 1.54) is 0 Å². The number of hydrogen-bond donors (Lipinski definition) is 5. The molecule has 0 saturated heterocycles. The number of ketones is 1.